The van der Waals surface area contributed by atoms with Crippen molar-refractivity contribution in [3.05, 3.63) is 10.8 Å². The van der Waals surface area contributed by atoms with Crippen LogP contribution in [0.5, 0.6) is 0 Å². The van der Waals surface area contributed by atoms with Gasteiger partial charge in [0.1, 0.15) is 0 Å². The second kappa shape index (κ2) is 4.24. The van der Waals surface area contributed by atoms with Gasteiger partial charge in [0.05, 0.1) is 0 Å². The Morgan fingerprint density at radius 3 is 2.06 bits per heavy atom. The highest BCUT2D eigenvalue weighted by Crippen LogP contribution is 2.52. The van der Waals surface area contributed by atoms with Crippen LogP contribution in [-0.2, 0) is 19.1 Å². The topological polar surface area (TPSA) is 52.6 Å². The van der Waals surface area contributed by atoms with Gasteiger partial charge in [-0.05, 0) is 53.6 Å². The van der Waals surface area contributed by atoms with Crippen LogP contribution in [0.25, 0.3) is 0 Å². The van der Waals surface area contributed by atoms with E-state index in [1.165, 1.54) is 23.5 Å². The third-order valence-electron chi connectivity index (χ3n) is 2.63. The van der Waals surface area contributed by atoms with Crippen LogP contribution in [0.1, 0.15) is 27.2 Å². The van der Waals surface area contributed by atoms with Gasteiger partial charge in [0.25, 0.3) is 0 Å². The predicted molar refractivity (Wildman–Crippen MR) is 66.8 cm³/mol. The summed E-state index contributed by atoms with van der Waals surface area (Å²) < 4.78 is 9.39. The maximum Gasteiger partial charge on any atom is 0.366 e. The third kappa shape index (κ3) is 2.20. The lowest BCUT2D eigenvalue weighted by molar-refractivity contribution is -0.213. The Hall–Kier alpha value is -0.620. The minimum atomic E-state index is -1.22. The van der Waals surface area contributed by atoms with Gasteiger partial charge in [-0.25, -0.2) is 0 Å². The lowest BCUT2D eigenvalue weighted by Crippen LogP contribution is -2.52. The summed E-state index contributed by atoms with van der Waals surface area (Å²) in [7, 11) is 0. The Labute approximate surface area is 108 Å². The maximum atomic E-state index is 12.0. The van der Waals surface area contributed by atoms with Crippen LogP contribution in [0.3, 0.4) is 0 Å². The zero-order chi connectivity index (χ0) is 12.7. The van der Waals surface area contributed by atoms with Crippen molar-refractivity contribution in [1.29, 1.82) is 0 Å². The van der Waals surface area contributed by atoms with Crippen molar-refractivity contribution in [3.63, 3.8) is 0 Å². The second-order valence-electron chi connectivity index (χ2n) is 4.72. The summed E-state index contributed by atoms with van der Waals surface area (Å²) in [6, 6.07) is 0. The van der Waals surface area contributed by atoms with Crippen molar-refractivity contribution >= 4 is 35.5 Å². The largest absolute Gasteiger partial charge is 0.402 e. The molecule has 0 amide bonds. The molecule has 0 aromatic heterocycles. The molecule has 94 valence electrons. The molecule has 1 fully saturated rings. The molecule has 0 radical (unpaired) electrons. The van der Waals surface area contributed by atoms with Crippen LogP contribution < -0.4 is 0 Å². The van der Waals surface area contributed by atoms with Crippen LogP contribution >= 0.6 is 23.5 Å². The number of hydrogen-bond acceptors (Lipinski definition) is 6. The van der Waals surface area contributed by atoms with E-state index in [0.29, 0.717) is 6.42 Å². The lowest BCUT2D eigenvalue weighted by atomic mass is 9.82. The van der Waals surface area contributed by atoms with Crippen LogP contribution in [0.4, 0.5) is 0 Å². The number of thioether (sulfide) groups is 2. The monoisotopic (exact) mass is 274 g/mol. The van der Waals surface area contributed by atoms with Crippen molar-refractivity contribution in [2.45, 2.75) is 31.6 Å². The van der Waals surface area contributed by atoms with Gasteiger partial charge in [-0.1, -0.05) is 13.8 Å². The predicted octanol–water partition coefficient (Wildman–Crippen LogP) is 2.70. The number of esters is 2. The molecule has 2 aliphatic heterocycles. The molecule has 2 aliphatic rings. The van der Waals surface area contributed by atoms with Crippen LogP contribution in [0, 0.1) is 11.3 Å². The van der Waals surface area contributed by atoms with Crippen molar-refractivity contribution < 1.29 is 19.1 Å². The summed E-state index contributed by atoms with van der Waals surface area (Å²) in [6.45, 7) is 5.50. The SMILES string of the molecule is CC(C)CC1(C)C(=O)OC2(OC1=O)SC=CS2. The Bertz CT molecular complexity index is 361. The molecule has 1 saturated heterocycles. The van der Waals surface area contributed by atoms with E-state index in [1.54, 1.807) is 17.7 Å². The van der Waals surface area contributed by atoms with Crippen molar-refractivity contribution in [2.24, 2.45) is 11.3 Å². The van der Waals surface area contributed by atoms with Crippen molar-refractivity contribution in [1.82, 2.24) is 0 Å². The normalized spacial score (nSPS) is 25.2. The molecule has 6 heteroatoms. The fraction of sp³-hybridized carbons (Fsp3) is 0.636. The van der Waals surface area contributed by atoms with E-state index in [0.717, 1.165) is 0 Å². The molecule has 0 aromatic rings. The summed E-state index contributed by atoms with van der Waals surface area (Å²) >= 11 is 2.38. The van der Waals surface area contributed by atoms with E-state index in [-0.39, 0.29) is 5.92 Å². The molecule has 2 rings (SSSR count). The fourth-order valence-electron chi connectivity index (χ4n) is 1.89. The van der Waals surface area contributed by atoms with Crippen LogP contribution in [0.15, 0.2) is 10.8 Å². The number of rotatable bonds is 2. The Morgan fingerprint density at radius 1 is 1.18 bits per heavy atom. The number of hydrogen-bond donors (Lipinski definition) is 0. The molecule has 0 unspecified atom stereocenters. The van der Waals surface area contributed by atoms with Gasteiger partial charge < -0.3 is 9.47 Å². The van der Waals surface area contributed by atoms with E-state index >= 15 is 0 Å². The average molecular weight is 274 g/mol. The molecule has 2 heterocycles. The van der Waals surface area contributed by atoms with E-state index in [9.17, 15) is 9.59 Å². The maximum absolute atomic E-state index is 12.0. The van der Waals surface area contributed by atoms with Gasteiger partial charge in [0.2, 0.25) is 0 Å². The summed E-state index contributed by atoms with van der Waals surface area (Å²) in [4.78, 5) is 24.1. The second-order valence-corrected chi connectivity index (χ2v) is 7.07. The molecular formula is C11H14O4S2. The lowest BCUT2D eigenvalue weighted by Gasteiger charge is -2.38. The van der Waals surface area contributed by atoms with Crippen molar-refractivity contribution in [2.75, 3.05) is 0 Å². The van der Waals surface area contributed by atoms with E-state index in [1.807, 2.05) is 13.8 Å². The molecule has 0 aromatic carbocycles. The fourth-order valence-corrected chi connectivity index (χ4v) is 3.71. The minimum absolute atomic E-state index is 0.219. The van der Waals surface area contributed by atoms with Gasteiger partial charge in [0, 0.05) is 0 Å². The quantitative estimate of drug-likeness (QED) is 0.570. The molecule has 4 nitrogen and oxygen atoms in total. The molecule has 1 spiro atoms. The van der Waals surface area contributed by atoms with Crippen LogP contribution in [-0.4, -0.2) is 16.4 Å². The summed E-state index contributed by atoms with van der Waals surface area (Å²) in [5.41, 5.74) is -1.18. The van der Waals surface area contributed by atoms with E-state index < -0.39 is 21.8 Å². The highest BCUT2D eigenvalue weighted by atomic mass is 32.2. The first-order valence-corrected chi connectivity index (χ1v) is 7.11. The average Bonchev–Trinajstić information content (AvgIpc) is 2.63. The molecule has 0 aliphatic carbocycles. The summed E-state index contributed by atoms with van der Waals surface area (Å²) in [5.74, 6) is -0.770. The van der Waals surface area contributed by atoms with Gasteiger partial charge >= 0.3 is 16.4 Å². The molecule has 0 N–H and O–H groups in total. The molecular weight excluding hydrogens is 260 g/mol. The number of ether oxygens (including phenoxy) is 2. The Kier molecular flexibility index (Phi) is 3.20. The van der Waals surface area contributed by atoms with Crippen molar-refractivity contribution in [3.8, 4) is 0 Å². The van der Waals surface area contributed by atoms with Gasteiger partial charge in [0.15, 0.2) is 5.41 Å². The minimum Gasteiger partial charge on any atom is -0.402 e. The van der Waals surface area contributed by atoms with Gasteiger partial charge in [-0.3, -0.25) is 9.59 Å². The first-order valence-electron chi connectivity index (χ1n) is 5.35. The Balaban J connectivity index is 2.19. The Morgan fingerprint density at radius 2 is 1.65 bits per heavy atom. The number of carbonyl (C=O) groups excluding carboxylic acids is 2. The molecule has 0 atom stereocenters. The third-order valence-corrected chi connectivity index (χ3v) is 4.84. The molecule has 0 bridgehead atoms. The molecule has 17 heavy (non-hydrogen) atoms. The highest BCUT2D eigenvalue weighted by Gasteiger charge is 2.57. The van der Waals surface area contributed by atoms with Gasteiger partial charge in [-0.15, -0.1) is 0 Å². The van der Waals surface area contributed by atoms with Gasteiger partial charge in [-0.2, -0.15) is 0 Å². The first-order chi connectivity index (χ1) is 7.88. The molecule has 0 saturated carbocycles. The van der Waals surface area contributed by atoms with E-state index in [4.69, 9.17) is 9.47 Å². The smallest absolute Gasteiger partial charge is 0.366 e. The summed E-state index contributed by atoms with van der Waals surface area (Å²) in [6.07, 6.45) is 0.434. The summed E-state index contributed by atoms with van der Waals surface area (Å²) in [5, 5.41) is 3.49. The zero-order valence-corrected chi connectivity index (χ0v) is 11.5. The zero-order valence-electron chi connectivity index (χ0n) is 9.89. The van der Waals surface area contributed by atoms with Crippen LogP contribution in [0.2, 0.25) is 0 Å². The number of carbonyl (C=O) groups is 2. The highest BCUT2D eigenvalue weighted by molar-refractivity contribution is 8.23. The first kappa shape index (κ1) is 12.8. The standard InChI is InChI=1S/C11H14O4S2/c1-7(2)6-10(3)8(12)14-11(15-9(10)13)16-4-5-17-11/h4-5,7H,6H2,1-3H3. The van der Waals surface area contributed by atoms with E-state index in [2.05, 4.69) is 0 Å².